The van der Waals surface area contributed by atoms with Gasteiger partial charge in [0.15, 0.2) is 0 Å². The monoisotopic (exact) mass is 462 g/mol. The molecule has 0 saturated carbocycles. The average molecular weight is 463 g/mol. The van der Waals surface area contributed by atoms with Crippen LogP contribution in [0.1, 0.15) is 12.5 Å². The van der Waals surface area contributed by atoms with Gasteiger partial charge in [-0.1, -0.05) is 17.7 Å². The first-order valence-corrected chi connectivity index (χ1v) is 9.79. The van der Waals surface area contributed by atoms with Crippen molar-refractivity contribution in [1.82, 2.24) is 5.32 Å². The molecule has 0 fully saturated rings. The SMILES string of the molecule is COC(=O)C1=C(C(=O)OC)N(c2ccc(Cl)c(CC(NC(C)=O)C(=O)OC)c2)C=CC=C1. The molecule has 1 aromatic rings. The minimum absolute atomic E-state index is 0.00784. The van der Waals surface area contributed by atoms with E-state index in [9.17, 15) is 19.2 Å². The molecular weight excluding hydrogens is 440 g/mol. The number of amides is 1. The predicted molar refractivity (Wildman–Crippen MR) is 117 cm³/mol. The van der Waals surface area contributed by atoms with Crippen molar-refractivity contribution in [2.75, 3.05) is 26.2 Å². The number of rotatable bonds is 7. The number of halogens is 1. The topological polar surface area (TPSA) is 111 Å². The lowest BCUT2D eigenvalue weighted by Gasteiger charge is -2.24. The van der Waals surface area contributed by atoms with Crippen molar-refractivity contribution in [3.8, 4) is 0 Å². The van der Waals surface area contributed by atoms with E-state index in [0.29, 0.717) is 16.3 Å². The Morgan fingerprint density at radius 1 is 1.03 bits per heavy atom. The van der Waals surface area contributed by atoms with Crippen molar-refractivity contribution in [3.05, 3.63) is 64.5 Å². The van der Waals surface area contributed by atoms with Gasteiger partial charge in [-0.15, -0.1) is 0 Å². The van der Waals surface area contributed by atoms with E-state index in [-0.39, 0.29) is 17.7 Å². The van der Waals surface area contributed by atoms with Gasteiger partial charge < -0.3 is 24.4 Å². The van der Waals surface area contributed by atoms with Crippen molar-refractivity contribution in [2.24, 2.45) is 0 Å². The van der Waals surface area contributed by atoms with Gasteiger partial charge >= 0.3 is 17.9 Å². The maximum absolute atomic E-state index is 12.6. The number of allylic oxidation sites excluding steroid dienone is 2. The zero-order valence-electron chi connectivity index (χ0n) is 18.0. The van der Waals surface area contributed by atoms with Crippen molar-refractivity contribution in [3.63, 3.8) is 0 Å². The molecule has 0 radical (unpaired) electrons. The maximum Gasteiger partial charge on any atom is 0.355 e. The molecule has 170 valence electrons. The number of hydrogen-bond donors (Lipinski definition) is 1. The zero-order chi connectivity index (χ0) is 23.8. The van der Waals surface area contributed by atoms with E-state index in [1.807, 2.05) is 0 Å². The van der Waals surface area contributed by atoms with Crippen LogP contribution in [-0.4, -0.2) is 51.2 Å². The second kappa shape index (κ2) is 11.1. The third kappa shape index (κ3) is 5.76. The van der Waals surface area contributed by atoms with Gasteiger partial charge in [-0.25, -0.2) is 14.4 Å². The number of ether oxygens (including phenoxy) is 3. The van der Waals surface area contributed by atoms with Crippen LogP contribution in [0.15, 0.2) is 53.9 Å². The number of methoxy groups -OCH3 is 3. The van der Waals surface area contributed by atoms with Crippen LogP contribution in [0.3, 0.4) is 0 Å². The minimum Gasteiger partial charge on any atom is -0.467 e. The highest BCUT2D eigenvalue weighted by atomic mass is 35.5. The first-order chi connectivity index (χ1) is 15.2. The Hall–Kier alpha value is -3.59. The molecule has 0 aliphatic carbocycles. The Morgan fingerprint density at radius 3 is 2.31 bits per heavy atom. The normalized spacial score (nSPS) is 13.8. The Morgan fingerprint density at radius 2 is 1.72 bits per heavy atom. The summed E-state index contributed by atoms with van der Waals surface area (Å²) in [6.07, 6.45) is 6.25. The molecule has 10 heteroatoms. The average Bonchev–Trinajstić information content (AvgIpc) is 3.01. The molecule has 1 atom stereocenters. The molecule has 9 nitrogen and oxygen atoms in total. The number of esters is 3. The van der Waals surface area contributed by atoms with Crippen LogP contribution in [0.25, 0.3) is 0 Å². The molecular formula is C22H23ClN2O7. The number of carbonyl (C=O) groups excluding carboxylic acids is 4. The highest BCUT2D eigenvalue weighted by Gasteiger charge is 2.28. The van der Waals surface area contributed by atoms with Crippen LogP contribution in [-0.2, 0) is 39.8 Å². The predicted octanol–water partition coefficient (Wildman–Crippen LogP) is 2.05. The highest BCUT2D eigenvalue weighted by Crippen LogP contribution is 2.30. The molecule has 1 heterocycles. The molecule has 1 aliphatic rings. The largest absolute Gasteiger partial charge is 0.467 e. The van der Waals surface area contributed by atoms with E-state index in [4.69, 9.17) is 25.8 Å². The molecule has 1 unspecified atom stereocenters. The first-order valence-electron chi connectivity index (χ1n) is 9.41. The minimum atomic E-state index is -0.965. The summed E-state index contributed by atoms with van der Waals surface area (Å²) in [6.45, 7) is 1.28. The summed E-state index contributed by atoms with van der Waals surface area (Å²) >= 11 is 6.33. The molecule has 32 heavy (non-hydrogen) atoms. The number of nitrogens with one attached hydrogen (secondary N) is 1. The molecule has 1 aliphatic heterocycles. The lowest BCUT2D eigenvalue weighted by molar-refractivity contribution is -0.144. The van der Waals surface area contributed by atoms with Gasteiger partial charge in [0.05, 0.1) is 26.9 Å². The molecule has 1 N–H and O–H groups in total. The van der Waals surface area contributed by atoms with Gasteiger partial charge in [0.25, 0.3) is 0 Å². The summed E-state index contributed by atoms with van der Waals surface area (Å²) < 4.78 is 14.4. The van der Waals surface area contributed by atoms with E-state index < -0.39 is 29.9 Å². The van der Waals surface area contributed by atoms with Crippen LogP contribution in [0.2, 0.25) is 5.02 Å². The maximum atomic E-state index is 12.6. The Bertz CT molecular complexity index is 1010. The molecule has 1 aromatic carbocycles. The van der Waals surface area contributed by atoms with E-state index in [2.05, 4.69) is 5.32 Å². The molecule has 2 rings (SSSR count). The van der Waals surface area contributed by atoms with E-state index in [1.165, 1.54) is 39.2 Å². The van der Waals surface area contributed by atoms with Gasteiger partial charge in [0, 0.05) is 30.3 Å². The fourth-order valence-electron chi connectivity index (χ4n) is 3.03. The van der Waals surface area contributed by atoms with E-state index in [1.54, 1.807) is 36.6 Å². The number of anilines is 1. The number of benzene rings is 1. The molecule has 0 aromatic heterocycles. The quantitative estimate of drug-likeness (QED) is 0.484. The molecule has 1 amide bonds. The Balaban J connectivity index is 2.56. The standard InChI is InChI=1S/C22H23ClN2O7/c1-13(26)24-18(21(28)31-3)12-14-11-15(8-9-17(14)23)25-10-6-5-7-16(20(27)30-2)19(25)22(29)32-4/h5-11,18H,12H2,1-4H3,(H,24,26). The summed E-state index contributed by atoms with van der Waals surface area (Å²) in [4.78, 5) is 49.9. The van der Waals surface area contributed by atoms with Gasteiger partial charge in [-0.05, 0) is 35.9 Å². The van der Waals surface area contributed by atoms with E-state index >= 15 is 0 Å². The summed E-state index contributed by atoms with van der Waals surface area (Å²) in [5.74, 6) is -2.53. The van der Waals surface area contributed by atoms with Crippen LogP contribution < -0.4 is 10.2 Å². The van der Waals surface area contributed by atoms with Gasteiger partial charge in [0.1, 0.15) is 11.7 Å². The molecule has 0 saturated heterocycles. The van der Waals surface area contributed by atoms with Crippen molar-refractivity contribution >= 4 is 41.1 Å². The fourth-order valence-corrected chi connectivity index (χ4v) is 3.23. The Labute approximate surface area is 190 Å². The second-order valence-corrected chi connectivity index (χ2v) is 6.98. The lowest BCUT2D eigenvalue weighted by Crippen LogP contribution is -2.42. The summed E-state index contributed by atoms with van der Waals surface area (Å²) in [7, 11) is 3.62. The summed E-state index contributed by atoms with van der Waals surface area (Å²) in [5, 5.41) is 2.86. The summed E-state index contributed by atoms with van der Waals surface area (Å²) in [6, 6.07) is 3.87. The molecule has 0 spiro atoms. The number of hydrogen-bond acceptors (Lipinski definition) is 8. The van der Waals surface area contributed by atoms with Crippen LogP contribution >= 0.6 is 11.6 Å². The van der Waals surface area contributed by atoms with Crippen molar-refractivity contribution < 1.29 is 33.4 Å². The zero-order valence-corrected chi connectivity index (χ0v) is 18.8. The third-order valence-corrected chi connectivity index (χ3v) is 4.85. The second-order valence-electron chi connectivity index (χ2n) is 6.57. The van der Waals surface area contributed by atoms with Gasteiger partial charge in [-0.3, -0.25) is 4.79 Å². The highest BCUT2D eigenvalue weighted by molar-refractivity contribution is 6.31. The fraction of sp³-hybridized carbons (Fsp3) is 0.273. The number of nitrogens with zero attached hydrogens (tertiary/aromatic N) is 1. The van der Waals surface area contributed by atoms with Crippen molar-refractivity contribution in [2.45, 2.75) is 19.4 Å². The van der Waals surface area contributed by atoms with Gasteiger partial charge in [0.2, 0.25) is 5.91 Å². The molecule has 0 bridgehead atoms. The summed E-state index contributed by atoms with van der Waals surface area (Å²) in [5.41, 5.74) is 0.885. The lowest BCUT2D eigenvalue weighted by atomic mass is 10.0. The Kier molecular flexibility index (Phi) is 8.60. The van der Waals surface area contributed by atoms with Crippen LogP contribution in [0.5, 0.6) is 0 Å². The van der Waals surface area contributed by atoms with Crippen molar-refractivity contribution in [1.29, 1.82) is 0 Å². The van der Waals surface area contributed by atoms with Gasteiger partial charge in [-0.2, -0.15) is 0 Å². The van der Waals surface area contributed by atoms with E-state index in [0.717, 1.165) is 0 Å². The third-order valence-electron chi connectivity index (χ3n) is 4.48. The number of carbonyl (C=O) groups is 4. The smallest absolute Gasteiger partial charge is 0.355 e. The first kappa shape index (κ1) is 24.7. The van der Waals surface area contributed by atoms with Crippen LogP contribution in [0, 0.1) is 0 Å². The van der Waals surface area contributed by atoms with Crippen LogP contribution in [0.4, 0.5) is 5.69 Å².